The van der Waals surface area contributed by atoms with Gasteiger partial charge < -0.3 is 5.32 Å². The van der Waals surface area contributed by atoms with Gasteiger partial charge in [0.25, 0.3) is 0 Å². The molecule has 3 heteroatoms. The largest absolute Gasteiger partial charge is 0.350 e. The fourth-order valence-electron chi connectivity index (χ4n) is 4.23. The minimum Gasteiger partial charge on any atom is -0.350 e. The van der Waals surface area contributed by atoms with Crippen LogP contribution in [-0.4, -0.2) is 36.0 Å². The second-order valence-electron chi connectivity index (χ2n) is 7.55. The Hall–Kier alpha value is -2.39. The lowest BCUT2D eigenvalue weighted by atomic mass is 9.82. The number of hydrogen-bond acceptors (Lipinski definition) is 2. The van der Waals surface area contributed by atoms with Gasteiger partial charge in [-0.05, 0) is 30.4 Å². The number of carbonyl (C=O) groups excluding carboxylic acids is 1. The van der Waals surface area contributed by atoms with Crippen molar-refractivity contribution in [2.75, 3.05) is 19.6 Å². The van der Waals surface area contributed by atoms with Crippen molar-refractivity contribution >= 4 is 12.0 Å². The Balaban J connectivity index is 1.32. The van der Waals surface area contributed by atoms with Crippen LogP contribution in [0.25, 0.3) is 6.08 Å². The summed E-state index contributed by atoms with van der Waals surface area (Å²) in [6.45, 7) is 3.06. The monoisotopic (exact) mass is 346 g/mol. The number of amides is 1. The molecule has 1 atom stereocenters. The smallest absolute Gasteiger partial charge is 0.228 e. The quantitative estimate of drug-likeness (QED) is 0.912. The molecule has 0 aliphatic carbocycles. The summed E-state index contributed by atoms with van der Waals surface area (Å²) in [5.74, 6) is 0.217. The van der Waals surface area contributed by atoms with E-state index in [0.29, 0.717) is 0 Å². The van der Waals surface area contributed by atoms with Crippen LogP contribution in [0.4, 0.5) is 0 Å². The first kappa shape index (κ1) is 17.0. The maximum atomic E-state index is 12.5. The first-order valence-electron chi connectivity index (χ1n) is 9.55. The van der Waals surface area contributed by atoms with Crippen LogP contribution in [0.5, 0.6) is 0 Å². The van der Waals surface area contributed by atoms with E-state index in [-0.39, 0.29) is 17.4 Å². The van der Waals surface area contributed by atoms with Crippen LogP contribution in [0.15, 0.2) is 66.7 Å². The van der Waals surface area contributed by atoms with Crippen LogP contribution >= 0.6 is 0 Å². The number of likely N-dealkylation sites (tertiary alicyclic amines) is 1. The Morgan fingerprint density at radius 3 is 2.35 bits per heavy atom. The molecule has 26 heavy (non-hydrogen) atoms. The van der Waals surface area contributed by atoms with Crippen LogP contribution in [0.1, 0.15) is 36.3 Å². The third-order valence-electron chi connectivity index (χ3n) is 5.79. The molecule has 2 saturated heterocycles. The topological polar surface area (TPSA) is 32.3 Å². The Morgan fingerprint density at radius 2 is 1.65 bits per heavy atom. The van der Waals surface area contributed by atoms with Gasteiger partial charge in [0.05, 0.1) is 5.92 Å². The van der Waals surface area contributed by atoms with E-state index in [1.165, 1.54) is 5.56 Å². The fourth-order valence-corrected chi connectivity index (χ4v) is 4.23. The van der Waals surface area contributed by atoms with Gasteiger partial charge >= 0.3 is 0 Å². The molecule has 1 amide bonds. The van der Waals surface area contributed by atoms with Gasteiger partial charge in [-0.2, -0.15) is 0 Å². The summed E-state index contributed by atoms with van der Waals surface area (Å²) in [6.07, 6.45) is 7.45. The molecule has 1 N–H and O–H groups in total. The van der Waals surface area contributed by atoms with E-state index in [2.05, 4.69) is 58.8 Å². The van der Waals surface area contributed by atoms with Gasteiger partial charge in [0, 0.05) is 25.2 Å². The fraction of sp³-hybridized carbons (Fsp3) is 0.348. The zero-order valence-corrected chi connectivity index (χ0v) is 15.1. The number of benzene rings is 2. The van der Waals surface area contributed by atoms with Crippen LogP contribution in [-0.2, 0) is 4.79 Å². The Labute approximate surface area is 155 Å². The molecule has 0 saturated carbocycles. The molecule has 2 fully saturated rings. The molecule has 4 rings (SSSR count). The molecule has 2 heterocycles. The molecule has 2 aliphatic heterocycles. The lowest BCUT2D eigenvalue weighted by molar-refractivity contribution is -0.121. The van der Waals surface area contributed by atoms with Crippen LogP contribution in [0.3, 0.4) is 0 Å². The molecule has 0 radical (unpaired) electrons. The van der Waals surface area contributed by atoms with Crippen molar-refractivity contribution in [2.24, 2.45) is 0 Å². The van der Waals surface area contributed by atoms with Crippen LogP contribution in [0, 0.1) is 0 Å². The third kappa shape index (κ3) is 3.73. The Bertz CT molecular complexity index is 761. The van der Waals surface area contributed by atoms with Crippen molar-refractivity contribution < 1.29 is 4.79 Å². The van der Waals surface area contributed by atoms with Gasteiger partial charge in [-0.25, -0.2) is 0 Å². The predicted octanol–water partition coefficient (Wildman–Crippen LogP) is 3.84. The molecule has 2 aliphatic rings. The highest BCUT2D eigenvalue weighted by Crippen LogP contribution is 2.39. The standard InChI is InChI=1S/C23H26N2O/c26-22-21(20-11-5-2-6-12-20)18-23(24-22)13-16-25(17-14-23)15-7-10-19-8-3-1-4-9-19/h1-12,21H,13-18H2,(H,24,26)/b10-7+/t21-/m1/s1. The Morgan fingerprint density at radius 1 is 1.00 bits per heavy atom. The summed E-state index contributed by atoms with van der Waals surface area (Å²) >= 11 is 0. The molecular weight excluding hydrogens is 320 g/mol. The second kappa shape index (κ2) is 7.46. The summed E-state index contributed by atoms with van der Waals surface area (Å²) in [5.41, 5.74) is 2.39. The minimum atomic E-state index is -0.00274. The molecule has 0 bridgehead atoms. The maximum absolute atomic E-state index is 12.5. The SMILES string of the molecule is O=C1NC2(CCN(C/C=C/c3ccccc3)CC2)C[C@@H]1c1ccccc1. The number of nitrogens with one attached hydrogen (secondary N) is 1. The second-order valence-corrected chi connectivity index (χ2v) is 7.55. The van der Waals surface area contributed by atoms with Gasteiger partial charge in [0.2, 0.25) is 5.91 Å². The lowest BCUT2D eigenvalue weighted by Crippen LogP contribution is -2.50. The number of carbonyl (C=O) groups is 1. The number of hydrogen-bond donors (Lipinski definition) is 1. The summed E-state index contributed by atoms with van der Waals surface area (Å²) < 4.78 is 0. The first-order chi connectivity index (χ1) is 12.7. The highest BCUT2D eigenvalue weighted by molar-refractivity contribution is 5.87. The highest BCUT2D eigenvalue weighted by Gasteiger charge is 2.45. The molecular formula is C23H26N2O. The van der Waals surface area contributed by atoms with Gasteiger partial charge in [-0.1, -0.05) is 72.8 Å². The van der Waals surface area contributed by atoms with E-state index < -0.39 is 0 Å². The third-order valence-corrected chi connectivity index (χ3v) is 5.79. The lowest BCUT2D eigenvalue weighted by Gasteiger charge is -2.39. The van der Waals surface area contributed by atoms with E-state index in [9.17, 15) is 4.79 Å². The van der Waals surface area contributed by atoms with E-state index in [1.54, 1.807) is 0 Å². The van der Waals surface area contributed by atoms with Crippen LogP contribution < -0.4 is 5.32 Å². The zero-order valence-electron chi connectivity index (χ0n) is 15.1. The van der Waals surface area contributed by atoms with E-state index >= 15 is 0 Å². The summed E-state index contributed by atoms with van der Waals surface area (Å²) in [5, 5.41) is 3.34. The first-order valence-corrected chi connectivity index (χ1v) is 9.55. The van der Waals surface area contributed by atoms with Gasteiger partial charge in [-0.15, -0.1) is 0 Å². The van der Waals surface area contributed by atoms with Gasteiger partial charge in [0.15, 0.2) is 0 Å². The van der Waals surface area contributed by atoms with E-state index in [0.717, 1.165) is 44.5 Å². The summed E-state index contributed by atoms with van der Waals surface area (Å²) in [6, 6.07) is 20.6. The molecule has 2 aromatic rings. The molecule has 3 nitrogen and oxygen atoms in total. The van der Waals surface area contributed by atoms with Crippen molar-refractivity contribution in [3.05, 3.63) is 77.9 Å². The average molecular weight is 346 g/mol. The summed E-state index contributed by atoms with van der Waals surface area (Å²) in [4.78, 5) is 15.0. The van der Waals surface area contributed by atoms with E-state index in [1.807, 2.05) is 24.3 Å². The van der Waals surface area contributed by atoms with Crippen molar-refractivity contribution in [1.82, 2.24) is 10.2 Å². The number of nitrogens with zero attached hydrogens (tertiary/aromatic N) is 1. The van der Waals surface area contributed by atoms with Crippen molar-refractivity contribution in [2.45, 2.75) is 30.7 Å². The molecule has 134 valence electrons. The molecule has 1 spiro atoms. The summed E-state index contributed by atoms with van der Waals surface area (Å²) in [7, 11) is 0. The molecule has 0 unspecified atom stereocenters. The van der Waals surface area contributed by atoms with Crippen molar-refractivity contribution in [3.8, 4) is 0 Å². The van der Waals surface area contributed by atoms with Gasteiger partial charge in [0.1, 0.15) is 0 Å². The minimum absolute atomic E-state index is 0.00274. The normalized spacial score (nSPS) is 22.8. The Kier molecular flexibility index (Phi) is 4.89. The highest BCUT2D eigenvalue weighted by atomic mass is 16.2. The van der Waals surface area contributed by atoms with E-state index in [4.69, 9.17) is 0 Å². The number of piperidine rings is 1. The van der Waals surface area contributed by atoms with Crippen LogP contribution in [0.2, 0.25) is 0 Å². The molecule has 2 aromatic carbocycles. The predicted molar refractivity (Wildman–Crippen MR) is 106 cm³/mol. The average Bonchev–Trinajstić information content (AvgIpc) is 3.01. The van der Waals surface area contributed by atoms with Crippen molar-refractivity contribution in [1.29, 1.82) is 0 Å². The molecule has 0 aromatic heterocycles. The van der Waals surface area contributed by atoms with Crippen molar-refractivity contribution in [3.63, 3.8) is 0 Å². The number of rotatable bonds is 4. The zero-order chi connectivity index (χ0) is 17.8. The van der Waals surface area contributed by atoms with Gasteiger partial charge in [-0.3, -0.25) is 9.69 Å². The maximum Gasteiger partial charge on any atom is 0.228 e.